The summed E-state index contributed by atoms with van der Waals surface area (Å²) in [4.78, 5) is 27.3. The Balaban J connectivity index is 1.59. The maximum absolute atomic E-state index is 11.3. The normalized spacial score (nSPS) is 13.3. The Labute approximate surface area is 175 Å². The molecule has 0 unspecified atom stereocenters. The largest absolute Gasteiger partial charge is 0.369 e. The molecule has 0 saturated carbocycles. The van der Waals surface area contributed by atoms with E-state index in [9.17, 15) is 4.79 Å². The van der Waals surface area contributed by atoms with Gasteiger partial charge in [-0.3, -0.25) is 15.0 Å². The molecule has 0 radical (unpaired) electrons. The maximum atomic E-state index is 11.3. The molecule has 1 aromatic carbocycles. The molecule has 8 heteroatoms. The summed E-state index contributed by atoms with van der Waals surface area (Å²) in [5.41, 5.74) is 5.09. The number of benzene rings is 1. The molecule has 8 nitrogen and oxygen atoms in total. The lowest BCUT2D eigenvalue weighted by Crippen LogP contribution is -2.27. The first-order valence-corrected chi connectivity index (χ1v) is 10.0. The zero-order valence-corrected chi connectivity index (χ0v) is 16.6. The van der Waals surface area contributed by atoms with Crippen LogP contribution in [0.1, 0.15) is 17.5 Å². The van der Waals surface area contributed by atoms with Gasteiger partial charge in [0.25, 0.3) is 0 Å². The van der Waals surface area contributed by atoms with Crippen molar-refractivity contribution < 1.29 is 10.0 Å². The van der Waals surface area contributed by atoms with Gasteiger partial charge in [-0.1, -0.05) is 30.3 Å². The van der Waals surface area contributed by atoms with Crippen LogP contribution >= 0.6 is 0 Å². The lowest BCUT2D eigenvalue weighted by atomic mass is 10.0. The van der Waals surface area contributed by atoms with Gasteiger partial charge in [0, 0.05) is 38.3 Å². The summed E-state index contributed by atoms with van der Waals surface area (Å²) < 4.78 is 0. The smallest absolute Gasteiger partial charge is 0.245 e. The highest BCUT2D eigenvalue weighted by atomic mass is 16.5. The fraction of sp³-hybridized carbons (Fsp3) is 0.273. The number of nitrogens with one attached hydrogen (secondary N) is 2. The summed E-state index contributed by atoms with van der Waals surface area (Å²) in [6, 6.07) is 16.1. The number of nitrogens with zero attached hydrogens (tertiary/aromatic N) is 4. The molecule has 3 heterocycles. The van der Waals surface area contributed by atoms with Crippen LogP contribution in [0.5, 0.6) is 0 Å². The Morgan fingerprint density at radius 1 is 1.03 bits per heavy atom. The molecule has 1 aliphatic rings. The third-order valence-corrected chi connectivity index (χ3v) is 5.13. The fourth-order valence-corrected chi connectivity index (χ4v) is 3.55. The monoisotopic (exact) mass is 404 g/mol. The average molecular weight is 404 g/mol. The Morgan fingerprint density at radius 2 is 1.77 bits per heavy atom. The highest BCUT2D eigenvalue weighted by molar-refractivity contribution is 5.75. The van der Waals surface area contributed by atoms with Crippen LogP contribution in [0.2, 0.25) is 0 Å². The minimum absolute atomic E-state index is 0.133. The summed E-state index contributed by atoms with van der Waals surface area (Å²) in [6.45, 7) is 2.07. The number of carbonyl (C=O) groups is 1. The van der Waals surface area contributed by atoms with E-state index in [4.69, 9.17) is 10.2 Å². The van der Waals surface area contributed by atoms with Crippen LogP contribution in [-0.2, 0) is 17.6 Å². The van der Waals surface area contributed by atoms with Gasteiger partial charge in [0.2, 0.25) is 5.91 Å². The predicted octanol–water partition coefficient (Wildman–Crippen LogP) is 2.45. The van der Waals surface area contributed by atoms with E-state index in [0.717, 1.165) is 31.7 Å². The van der Waals surface area contributed by atoms with Crippen molar-refractivity contribution >= 4 is 17.5 Å². The lowest BCUT2D eigenvalue weighted by molar-refractivity contribution is -0.128. The minimum atomic E-state index is -0.452. The molecular weight excluding hydrogens is 380 g/mol. The molecular formula is C22H24N6O2. The van der Waals surface area contributed by atoms with Crippen LogP contribution in [-0.4, -0.2) is 45.7 Å². The zero-order chi connectivity index (χ0) is 20.8. The van der Waals surface area contributed by atoms with Gasteiger partial charge >= 0.3 is 0 Å². The number of pyridine rings is 1. The van der Waals surface area contributed by atoms with Crippen LogP contribution in [0.4, 0.5) is 11.6 Å². The fourth-order valence-electron chi connectivity index (χ4n) is 3.55. The predicted molar refractivity (Wildman–Crippen MR) is 114 cm³/mol. The Kier molecular flexibility index (Phi) is 6.14. The molecule has 3 aromatic rings. The van der Waals surface area contributed by atoms with E-state index in [-0.39, 0.29) is 6.42 Å². The quantitative estimate of drug-likeness (QED) is 0.428. The molecule has 154 valence electrons. The van der Waals surface area contributed by atoms with E-state index in [2.05, 4.69) is 44.5 Å². The number of hydrogen-bond acceptors (Lipinski definition) is 7. The first-order chi connectivity index (χ1) is 14.7. The second-order valence-electron chi connectivity index (χ2n) is 7.12. The first-order valence-electron chi connectivity index (χ1n) is 10.0. The van der Waals surface area contributed by atoms with E-state index in [1.165, 1.54) is 11.1 Å². The van der Waals surface area contributed by atoms with Gasteiger partial charge in [0.1, 0.15) is 17.3 Å². The van der Waals surface area contributed by atoms with Crippen molar-refractivity contribution in [2.75, 3.05) is 29.9 Å². The number of carbonyl (C=O) groups excluding carboxylic acids is 1. The molecule has 0 atom stereocenters. The number of anilines is 2. The summed E-state index contributed by atoms with van der Waals surface area (Å²) in [5.74, 6) is 1.52. The van der Waals surface area contributed by atoms with Crippen LogP contribution in [0.3, 0.4) is 0 Å². The van der Waals surface area contributed by atoms with Gasteiger partial charge in [0.15, 0.2) is 5.82 Å². The van der Waals surface area contributed by atoms with E-state index in [1.54, 1.807) is 11.7 Å². The summed E-state index contributed by atoms with van der Waals surface area (Å²) in [6.07, 6.45) is 3.76. The standard InChI is InChI=1S/C22H24N6O2/c29-21(27-30)8-12-24-19-15-20(26-22(25-19)18-7-3-4-11-23-18)28-13-9-16-5-1-2-6-17(16)10-14-28/h1-7,11,15,30H,8-10,12-14H2,(H,27,29)(H,24,25,26). The maximum Gasteiger partial charge on any atom is 0.245 e. The summed E-state index contributed by atoms with van der Waals surface area (Å²) >= 11 is 0. The molecule has 0 saturated heterocycles. The topological polar surface area (TPSA) is 103 Å². The Hall–Kier alpha value is -3.52. The van der Waals surface area contributed by atoms with E-state index >= 15 is 0 Å². The minimum Gasteiger partial charge on any atom is -0.369 e. The first kappa shape index (κ1) is 19.8. The highest BCUT2D eigenvalue weighted by Crippen LogP contribution is 2.24. The number of hydroxylamine groups is 1. The summed E-state index contributed by atoms with van der Waals surface area (Å²) in [7, 11) is 0. The van der Waals surface area contributed by atoms with E-state index in [1.807, 2.05) is 24.3 Å². The Bertz CT molecular complexity index is 985. The van der Waals surface area contributed by atoms with Crippen molar-refractivity contribution in [1.29, 1.82) is 0 Å². The zero-order valence-electron chi connectivity index (χ0n) is 16.6. The van der Waals surface area contributed by atoms with Crippen molar-refractivity contribution in [3.05, 3.63) is 65.9 Å². The van der Waals surface area contributed by atoms with Crippen LogP contribution in [0.15, 0.2) is 54.7 Å². The summed E-state index contributed by atoms with van der Waals surface area (Å²) in [5, 5.41) is 11.8. The van der Waals surface area contributed by atoms with Gasteiger partial charge in [-0.05, 0) is 36.1 Å². The SMILES string of the molecule is O=C(CCNc1cc(N2CCc3ccccc3CC2)nc(-c2ccccn2)n1)NO. The van der Waals surface area contributed by atoms with Gasteiger partial charge in [0.05, 0.1) is 0 Å². The molecule has 0 fully saturated rings. The average Bonchev–Trinajstić information content (AvgIpc) is 3.02. The van der Waals surface area contributed by atoms with Gasteiger partial charge < -0.3 is 10.2 Å². The Morgan fingerprint density at radius 3 is 2.43 bits per heavy atom. The molecule has 2 aromatic heterocycles. The lowest BCUT2D eigenvalue weighted by Gasteiger charge is -2.22. The molecule has 1 aliphatic heterocycles. The number of fused-ring (bicyclic) bond motifs is 1. The number of rotatable bonds is 6. The van der Waals surface area contributed by atoms with Crippen molar-refractivity contribution in [2.24, 2.45) is 0 Å². The van der Waals surface area contributed by atoms with Crippen molar-refractivity contribution in [3.63, 3.8) is 0 Å². The molecule has 0 aliphatic carbocycles. The number of aromatic nitrogens is 3. The third kappa shape index (κ3) is 4.72. The van der Waals surface area contributed by atoms with Gasteiger partial charge in [-0.25, -0.2) is 15.4 Å². The van der Waals surface area contributed by atoms with E-state index in [0.29, 0.717) is 23.9 Å². The molecule has 3 N–H and O–H groups in total. The van der Waals surface area contributed by atoms with Crippen LogP contribution in [0.25, 0.3) is 11.5 Å². The third-order valence-electron chi connectivity index (χ3n) is 5.13. The van der Waals surface area contributed by atoms with Crippen LogP contribution in [0, 0.1) is 0 Å². The second-order valence-corrected chi connectivity index (χ2v) is 7.12. The van der Waals surface area contributed by atoms with Crippen molar-refractivity contribution in [2.45, 2.75) is 19.3 Å². The molecule has 1 amide bonds. The van der Waals surface area contributed by atoms with Gasteiger partial charge in [-0.2, -0.15) is 0 Å². The van der Waals surface area contributed by atoms with Crippen molar-refractivity contribution in [3.8, 4) is 11.5 Å². The molecule has 0 spiro atoms. The van der Waals surface area contributed by atoms with Crippen molar-refractivity contribution in [1.82, 2.24) is 20.4 Å². The molecule has 4 rings (SSSR count). The highest BCUT2D eigenvalue weighted by Gasteiger charge is 2.17. The second kappa shape index (κ2) is 9.32. The van der Waals surface area contributed by atoms with E-state index < -0.39 is 5.91 Å². The molecule has 30 heavy (non-hydrogen) atoms. The molecule has 0 bridgehead atoms. The van der Waals surface area contributed by atoms with Gasteiger partial charge in [-0.15, -0.1) is 0 Å². The number of amides is 1. The number of hydrogen-bond donors (Lipinski definition) is 3. The van der Waals surface area contributed by atoms with Crippen LogP contribution < -0.4 is 15.7 Å².